The Labute approximate surface area is 254 Å². The van der Waals surface area contributed by atoms with Gasteiger partial charge in [-0.05, 0) is 69.2 Å². The summed E-state index contributed by atoms with van der Waals surface area (Å²) in [6, 6.07) is 0. The summed E-state index contributed by atoms with van der Waals surface area (Å²) in [4.78, 5) is 48.8. The van der Waals surface area contributed by atoms with Crippen molar-refractivity contribution in [3.05, 3.63) is 12.2 Å². The van der Waals surface area contributed by atoms with Crippen LogP contribution in [0.25, 0.3) is 0 Å². The Kier molecular flexibility index (Phi) is 18.8. The smallest absolute Gasteiger partial charge is 0.342 e. The molecular weight excluding hydrogens is 590 g/mol. The van der Waals surface area contributed by atoms with Crippen LogP contribution in [-0.4, -0.2) is 97.6 Å². The minimum Gasteiger partial charge on any atom is -0.461 e. The molecule has 0 aliphatic carbocycles. The van der Waals surface area contributed by atoms with Crippen molar-refractivity contribution in [1.82, 2.24) is 0 Å². The molecule has 244 valence electrons. The molecule has 0 N–H and O–H groups in total. The molecule has 0 fully saturated rings. The van der Waals surface area contributed by atoms with E-state index in [-0.39, 0.29) is 50.6 Å². The van der Waals surface area contributed by atoms with Gasteiger partial charge in [-0.1, -0.05) is 9.24 Å². The van der Waals surface area contributed by atoms with Gasteiger partial charge in [-0.2, -0.15) is 0 Å². The summed E-state index contributed by atoms with van der Waals surface area (Å²) in [7, 11) is 4.77. The van der Waals surface area contributed by atoms with Crippen LogP contribution in [0, 0.1) is 0 Å². The highest BCUT2D eigenvalue weighted by atomic mass is 31.0. The lowest BCUT2D eigenvalue weighted by Crippen LogP contribution is -2.41. The zero-order valence-electron chi connectivity index (χ0n) is 26.5. The molecule has 0 saturated heterocycles. The van der Waals surface area contributed by atoms with Crippen LogP contribution in [0.5, 0.6) is 0 Å². The Balaban J connectivity index is 4.48. The maximum Gasteiger partial charge on any atom is 0.342 e. The fourth-order valence-corrected chi connectivity index (χ4v) is 3.91. The molecule has 0 heterocycles. The van der Waals surface area contributed by atoms with Crippen molar-refractivity contribution in [2.75, 3.05) is 26.4 Å². The molecule has 0 aliphatic heterocycles. The normalized spacial score (nSPS) is 17.1. The van der Waals surface area contributed by atoms with Crippen molar-refractivity contribution in [3.63, 3.8) is 0 Å². The van der Waals surface area contributed by atoms with Gasteiger partial charge in [-0.3, -0.25) is 0 Å². The summed E-state index contributed by atoms with van der Waals surface area (Å²) in [5.41, 5.74) is -1.29. The van der Waals surface area contributed by atoms with Crippen LogP contribution < -0.4 is 0 Å². The van der Waals surface area contributed by atoms with E-state index in [9.17, 15) is 19.2 Å². The average molecular weight is 641 g/mol. The lowest BCUT2D eigenvalue weighted by atomic mass is 10.1. The Morgan fingerprint density at radius 3 is 1.48 bits per heavy atom. The standard InChI is InChI=1S/C28H50O12P2/c1-17(2)37-18(3)13-36-26(32)28(10,42)40-21(6)16-34-24(30)12-11-23(29)33-15-20(5)39-27(8,9)25(31)35-14-19(4)38-22(7)41/h11-12,17-22H,13-16,41-42H2,1-10H3/b12-11-. The van der Waals surface area contributed by atoms with Gasteiger partial charge in [0.25, 0.3) is 0 Å². The molecule has 0 saturated carbocycles. The predicted molar refractivity (Wildman–Crippen MR) is 162 cm³/mol. The maximum absolute atomic E-state index is 12.4. The monoisotopic (exact) mass is 640 g/mol. The zero-order chi connectivity index (χ0) is 32.7. The Hall–Kier alpha value is -1.68. The summed E-state index contributed by atoms with van der Waals surface area (Å²) < 4.78 is 43.0. The second-order valence-electron chi connectivity index (χ2n) is 10.9. The molecular formula is C28H50O12P2. The van der Waals surface area contributed by atoms with Gasteiger partial charge in [0.1, 0.15) is 26.4 Å². The second-order valence-corrected chi connectivity index (χ2v) is 13.0. The van der Waals surface area contributed by atoms with Crippen LogP contribution >= 0.6 is 18.5 Å². The molecule has 0 amide bonds. The van der Waals surface area contributed by atoms with Gasteiger partial charge in [-0.25, -0.2) is 19.2 Å². The summed E-state index contributed by atoms with van der Waals surface area (Å²) in [6.45, 7) is 16.8. The van der Waals surface area contributed by atoms with E-state index in [1.807, 2.05) is 20.8 Å². The number of rotatable bonds is 20. The van der Waals surface area contributed by atoms with E-state index in [0.29, 0.717) is 0 Å². The van der Waals surface area contributed by atoms with Crippen molar-refractivity contribution >= 4 is 42.4 Å². The summed E-state index contributed by atoms with van der Waals surface area (Å²) in [5.74, 6) is -2.89. The van der Waals surface area contributed by atoms with Gasteiger partial charge in [0.2, 0.25) is 0 Å². The fourth-order valence-electron chi connectivity index (χ4n) is 3.33. The Morgan fingerprint density at radius 1 is 0.619 bits per heavy atom. The SMILES string of the molecule is CC(C)OC(C)COC(=O)C(C)(P)OC(C)COC(=O)/C=C\C(=O)OCC(C)OC(C)(C)C(=O)OCC(C)OC(C)P. The molecule has 0 bridgehead atoms. The van der Waals surface area contributed by atoms with E-state index < -0.39 is 47.0 Å². The molecule has 0 aromatic heterocycles. The molecule has 0 radical (unpaired) electrons. The largest absolute Gasteiger partial charge is 0.461 e. The lowest BCUT2D eigenvalue weighted by Gasteiger charge is -2.27. The number of hydrogen-bond donors (Lipinski definition) is 0. The van der Waals surface area contributed by atoms with Gasteiger partial charge in [0.05, 0.1) is 36.4 Å². The molecule has 42 heavy (non-hydrogen) atoms. The van der Waals surface area contributed by atoms with Crippen LogP contribution in [0.4, 0.5) is 0 Å². The van der Waals surface area contributed by atoms with E-state index in [1.165, 1.54) is 6.92 Å². The molecule has 14 heteroatoms. The Bertz CT molecular complexity index is 818. The zero-order valence-corrected chi connectivity index (χ0v) is 28.8. The summed E-state index contributed by atoms with van der Waals surface area (Å²) in [5, 5.41) is -1.37. The fraction of sp³-hybridized carbons (Fsp3) is 0.786. The number of carbonyl (C=O) groups excluding carboxylic acids is 4. The molecule has 8 atom stereocenters. The van der Waals surface area contributed by atoms with Crippen molar-refractivity contribution in [2.24, 2.45) is 0 Å². The molecule has 8 unspecified atom stereocenters. The van der Waals surface area contributed by atoms with E-state index in [4.69, 9.17) is 37.9 Å². The summed E-state index contributed by atoms with van der Waals surface area (Å²) in [6.07, 6.45) is -0.0529. The highest BCUT2D eigenvalue weighted by molar-refractivity contribution is 7.20. The number of ether oxygens (including phenoxy) is 8. The van der Waals surface area contributed by atoms with Crippen molar-refractivity contribution in [3.8, 4) is 0 Å². The molecule has 0 spiro atoms. The van der Waals surface area contributed by atoms with Crippen LogP contribution in [0.3, 0.4) is 0 Å². The first-order valence-electron chi connectivity index (χ1n) is 13.8. The van der Waals surface area contributed by atoms with Crippen LogP contribution in [0.2, 0.25) is 0 Å². The predicted octanol–water partition coefficient (Wildman–Crippen LogP) is 3.34. The molecule has 0 aliphatic rings. The van der Waals surface area contributed by atoms with Gasteiger partial charge in [0.15, 0.2) is 10.9 Å². The summed E-state index contributed by atoms with van der Waals surface area (Å²) >= 11 is 0. The van der Waals surface area contributed by atoms with Crippen LogP contribution in [-0.2, 0) is 57.1 Å². The number of hydrogen-bond acceptors (Lipinski definition) is 12. The quantitative estimate of drug-likeness (QED) is 0.0834. The van der Waals surface area contributed by atoms with E-state index in [0.717, 1.165) is 12.2 Å². The lowest BCUT2D eigenvalue weighted by molar-refractivity contribution is -0.181. The number of carbonyl (C=O) groups is 4. The molecule has 0 rings (SSSR count). The first kappa shape index (κ1) is 40.3. The van der Waals surface area contributed by atoms with Gasteiger partial charge >= 0.3 is 23.9 Å². The van der Waals surface area contributed by atoms with E-state index in [2.05, 4.69) is 18.5 Å². The van der Waals surface area contributed by atoms with E-state index in [1.54, 1.807) is 41.5 Å². The van der Waals surface area contributed by atoms with Gasteiger partial charge in [0, 0.05) is 12.2 Å². The van der Waals surface area contributed by atoms with Crippen molar-refractivity contribution in [2.45, 2.75) is 117 Å². The number of esters is 4. The first-order chi connectivity index (χ1) is 19.2. The molecule has 0 aromatic rings. The first-order valence-corrected chi connectivity index (χ1v) is 15.1. The molecule has 12 nitrogen and oxygen atoms in total. The average Bonchev–Trinajstić information content (AvgIpc) is 2.85. The second kappa shape index (κ2) is 19.6. The third-order valence-corrected chi connectivity index (χ3v) is 5.49. The van der Waals surface area contributed by atoms with Crippen molar-refractivity contribution in [1.29, 1.82) is 0 Å². The topological polar surface area (TPSA) is 142 Å². The Morgan fingerprint density at radius 2 is 1.02 bits per heavy atom. The maximum atomic E-state index is 12.4. The minimum absolute atomic E-state index is 0.000344. The van der Waals surface area contributed by atoms with Gasteiger partial charge in [-0.15, -0.1) is 9.24 Å². The van der Waals surface area contributed by atoms with E-state index >= 15 is 0 Å². The third kappa shape index (κ3) is 18.8. The van der Waals surface area contributed by atoms with Crippen LogP contribution in [0.15, 0.2) is 12.2 Å². The van der Waals surface area contributed by atoms with Crippen LogP contribution in [0.1, 0.15) is 69.2 Å². The highest BCUT2D eigenvalue weighted by Crippen LogP contribution is 2.24. The highest BCUT2D eigenvalue weighted by Gasteiger charge is 2.34. The third-order valence-electron chi connectivity index (χ3n) is 4.96. The molecule has 0 aromatic carbocycles. The van der Waals surface area contributed by atoms with Crippen molar-refractivity contribution < 1.29 is 57.1 Å². The van der Waals surface area contributed by atoms with Gasteiger partial charge < -0.3 is 37.9 Å². The minimum atomic E-state index is -1.37.